The second-order valence-electron chi connectivity index (χ2n) is 8.25. The number of likely N-dealkylation sites (N-methyl/N-ethyl adjacent to an activating group) is 1. The normalized spacial score (nSPS) is 18.0. The number of hydrogen-bond donors (Lipinski definition) is 0. The molecule has 0 amide bonds. The number of aromatic nitrogens is 3. The van der Waals surface area contributed by atoms with E-state index in [1.54, 1.807) is 6.33 Å². The third kappa shape index (κ3) is 4.59. The first-order valence-electron chi connectivity index (χ1n) is 11.5. The number of fused-ring (bicyclic) bond motifs is 1. The van der Waals surface area contributed by atoms with E-state index in [-0.39, 0.29) is 0 Å². The molecule has 0 aliphatic carbocycles. The van der Waals surface area contributed by atoms with Crippen molar-refractivity contribution >= 4 is 34.6 Å². The first kappa shape index (κ1) is 20.8. The molecule has 0 saturated carbocycles. The SMILES string of the molecule is CCN1CCN(c2nc(/C=C/c3cc(N4CCOCC4)ncn3)cc3ccccc23)CC1. The lowest BCUT2D eigenvalue weighted by Gasteiger charge is -2.35. The molecule has 2 saturated heterocycles. The van der Waals surface area contributed by atoms with Crippen LogP contribution in [0, 0.1) is 0 Å². The van der Waals surface area contributed by atoms with E-state index in [2.05, 4.69) is 68.0 Å². The third-order valence-corrected chi connectivity index (χ3v) is 6.29. The topological polar surface area (TPSA) is 57.6 Å². The van der Waals surface area contributed by atoms with Crippen LogP contribution in [0.15, 0.2) is 42.7 Å². The van der Waals surface area contributed by atoms with Gasteiger partial charge in [-0.15, -0.1) is 0 Å². The van der Waals surface area contributed by atoms with Gasteiger partial charge in [0.15, 0.2) is 0 Å². The molecule has 5 rings (SSSR count). The number of hydrogen-bond acceptors (Lipinski definition) is 7. The average Bonchev–Trinajstić information content (AvgIpc) is 2.88. The number of morpholine rings is 1. The van der Waals surface area contributed by atoms with Gasteiger partial charge in [-0.1, -0.05) is 31.2 Å². The standard InChI is InChI=1S/C25H30N6O/c1-2-29-9-11-31(12-10-29)25-23-6-4-3-5-20(23)17-22(28-25)8-7-21-18-24(27-19-26-21)30-13-15-32-16-14-30/h3-8,17-19H,2,9-16H2,1H3/b8-7+. The molecule has 2 aromatic heterocycles. The second kappa shape index (κ2) is 9.63. The minimum Gasteiger partial charge on any atom is -0.378 e. The summed E-state index contributed by atoms with van der Waals surface area (Å²) in [6, 6.07) is 12.7. The number of pyridine rings is 1. The minimum atomic E-state index is 0.742. The Kier molecular flexibility index (Phi) is 6.27. The smallest absolute Gasteiger partial charge is 0.137 e. The van der Waals surface area contributed by atoms with Crippen LogP contribution in [0.25, 0.3) is 22.9 Å². The summed E-state index contributed by atoms with van der Waals surface area (Å²) in [6.07, 6.45) is 5.72. The van der Waals surface area contributed by atoms with Gasteiger partial charge in [0.2, 0.25) is 0 Å². The summed E-state index contributed by atoms with van der Waals surface area (Å²) < 4.78 is 5.45. The number of ether oxygens (including phenoxy) is 1. The van der Waals surface area contributed by atoms with Crippen LogP contribution >= 0.6 is 0 Å². The summed E-state index contributed by atoms with van der Waals surface area (Å²) in [5.41, 5.74) is 1.83. The van der Waals surface area contributed by atoms with Gasteiger partial charge in [-0.2, -0.15) is 0 Å². The van der Waals surface area contributed by atoms with E-state index in [4.69, 9.17) is 9.72 Å². The van der Waals surface area contributed by atoms with Gasteiger partial charge in [0.25, 0.3) is 0 Å². The van der Waals surface area contributed by atoms with E-state index >= 15 is 0 Å². The lowest BCUT2D eigenvalue weighted by molar-refractivity contribution is 0.122. The van der Waals surface area contributed by atoms with Crippen molar-refractivity contribution in [3.8, 4) is 0 Å². The Morgan fingerprint density at radius 3 is 2.47 bits per heavy atom. The van der Waals surface area contributed by atoms with Gasteiger partial charge in [-0.25, -0.2) is 15.0 Å². The van der Waals surface area contributed by atoms with Crippen LogP contribution in [0.5, 0.6) is 0 Å². The molecule has 2 aliphatic heterocycles. The number of piperazine rings is 1. The Bertz CT molecular complexity index is 1090. The molecule has 166 valence electrons. The maximum atomic E-state index is 5.45. The van der Waals surface area contributed by atoms with Crippen molar-refractivity contribution in [2.75, 3.05) is 68.8 Å². The van der Waals surface area contributed by atoms with Crippen LogP contribution in [-0.4, -0.2) is 78.9 Å². The first-order chi connectivity index (χ1) is 15.8. The van der Waals surface area contributed by atoms with Gasteiger partial charge < -0.3 is 19.4 Å². The van der Waals surface area contributed by atoms with Crippen molar-refractivity contribution < 1.29 is 4.74 Å². The van der Waals surface area contributed by atoms with E-state index in [0.29, 0.717) is 0 Å². The highest BCUT2D eigenvalue weighted by molar-refractivity contribution is 5.94. The molecule has 7 heteroatoms. The largest absolute Gasteiger partial charge is 0.378 e. The van der Waals surface area contributed by atoms with Crippen molar-refractivity contribution in [3.05, 3.63) is 54.1 Å². The van der Waals surface area contributed by atoms with E-state index in [9.17, 15) is 0 Å². The summed E-state index contributed by atoms with van der Waals surface area (Å²) in [4.78, 5) is 21.1. The van der Waals surface area contributed by atoms with Crippen LogP contribution in [0.4, 0.5) is 11.6 Å². The number of benzene rings is 1. The Hall–Kier alpha value is -3.03. The van der Waals surface area contributed by atoms with Crippen LogP contribution in [0.2, 0.25) is 0 Å². The van der Waals surface area contributed by atoms with E-state index in [1.165, 1.54) is 10.8 Å². The fourth-order valence-electron chi connectivity index (χ4n) is 4.39. The fraction of sp³-hybridized carbons (Fsp3) is 0.400. The predicted molar refractivity (Wildman–Crippen MR) is 130 cm³/mol. The highest BCUT2D eigenvalue weighted by Gasteiger charge is 2.19. The Labute approximate surface area is 189 Å². The van der Waals surface area contributed by atoms with E-state index < -0.39 is 0 Å². The summed E-state index contributed by atoms with van der Waals surface area (Å²) in [6.45, 7) is 10.7. The molecule has 0 atom stereocenters. The van der Waals surface area contributed by atoms with Gasteiger partial charge in [0, 0.05) is 50.7 Å². The van der Waals surface area contributed by atoms with Gasteiger partial charge in [0.1, 0.15) is 18.0 Å². The first-order valence-corrected chi connectivity index (χ1v) is 11.5. The van der Waals surface area contributed by atoms with Gasteiger partial charge in [-0.3, -0.25) is 0 Å². The summed E-state index contributed by atoms with van der Waals surface area (Å²) in [7, 11) is 0. The highest BCUT2D eigenvalue weighted by Crippen LogP contribution is 2.27. The molecule has 1 aromatic carbocycles. The molecule has 3 aromatic rings. The zero-order valence-electron chi connectivity index (χ0n) is 18.7. The van der Waals surface area contributed by atoms with Crippen LogP contribution in [0.1, 0.15) is 18.3 Å². The molecule has 2 fully saturated rings. The van der Waals surface area contributed by atoms with Crippen molar-refractivity contribution in [1.29, 1.82) is 0 Å². The maximum Gasteiger partial charge on any atom is 0.137 e. The minimum absolute atomic E-state index is 0.742. The summed E-state index contributed by atoms with van der Waals surface area (Å²) in [5.74, 6) is 2.03. The Morgan fingerprint density at radius 1 is 0.875 bits per heavy atom. The second-order valence-corrected chi connectivity index (χ2v) is 8.25. The molecular formula is C25H30N6O. The molecule has 32 heavy (non-hydrogen) atoms. The lowest BCUT2D eigenvalue weighted by atomic mass is 10.1. The molecule has 0 N–H and O–H groups in total. The maximum absolute atomic E-state index is 5.45. The molecule has 2 aliphatic rings. The zero-order chi connectivity index (χ0) is 21.8. The average molecular weight is 431 g/mol. The molecule has 7 nitrogen and oxygen atoms in total. The Balaban J connectivity index is 1.41. The summed E-state index contributed by atoms with van der Waals surface area (Å²) >= 11 is 0. The van der Waals surface area contributed by atoms with Crippen molar-refractivity contribution in [1.82, 2.24) is 19.9 Å². The molecule has 0 radical (unpaired) electrons. The number of rotatable bonds is 5. The highest BCUT2D eigenvalue weighted by atomic mass is 16.5. The van der Waals surface area contributed by atoms with Crippen LogP contribution in [-0.2, 0) is 4.74 Å². The van der Waals surface area contributed by atoms with Crippen molar-refractivity contribution in [3.63, 3.8) is 0 Å². The van der Waals surface area contributed by atoms with Crippen LogP contribution < -0.4 is 9.80 Å². The van der Waals surface area contributed by atoms with Gasteiger partial charge in [-0.05, 0) is 30.1 Å². The molecule has 0 unspecified atom stereocenters. The summed E-state index contributed by atoms with van der Waals surface area (Å²) in [5, 5.41) is 2.43. The van der Waals surface area contributed by atoms with Crippen molar-refractivity contribution in [2.24, 2.45) is 0 Å². The number of anilines is 2. The fourth-order valence-corrected chi connectivity index (χ4v) is 4.39. The lowest BCUT2D eigenvalue weighted by Crippen LogP contribution is -2.46. The molecular weight excluding hydrogens is 400 g/mol. The quantitative estimate of drug-likeness (QED) is 0.616. The van der Waals surface area contributed by atoms with Crippen molar-refractivity contribution in [2.45, 2.75) is 6.92 Å². The third-order valence-electron chi connectivity index (χ3n) is 6.29. The molecule has 0 spiro atoms. The van der Waals surface area contributed by atoms with Gasteiger partial charge in [0.05, 0.1) is 24.6 Å². The van der Waals surface area contributed by atoms with E-state index in [1.807, 2.05) is 12.1 Å². The van der Waals surface area contributed by atoms with Crippen LogP contribution in [0.3, 0.4) is 0 Å². The van der Waals surface area contributed by atoms with Gasteiger partial charge >= 0.3 is 0 Å². The molecule has 0 bridgehead atoms. The zero-order valence-corrected chi connectivity index (χ0v) is 18.7. The molecule has 4 heterocycles. The monoisotopic (exact) mass is 430 g/mol. The number of nitrogens with zero attached hydrogens (tertiary/aromatic N) is 6. The Morgan fingerprint density at radius 2 is 1.66 bits per heavy atom. The predicted octanol–water partition coefficient (Wildman–Crippen LogP) is 3.17. The van der Waals surface area contributed by atoms with E-state index in [0.717, 1.165) is 82.1 Å².